The third kappa shape index (κ3) is 6.13. The predicted octanol–water partition coefficient (Wildman–Crippen LogP) is 2.50. The van der Waals surface area contributed by atoms with Gasteiger partial charge in [0.15, 0.2) is 9.84 Å². The molecule has 0 aliphatic carbocycles. The molecular weight excluding hydrogens is 532 g/mol. The van der Waals surface area contributed by atoms with Gasteiger partial charge in [0.25, 0.3) is 16.0 Å². The molecule has 12 heteroatoms. The molecule has 1 saturated heterocycles. The highest BCUT2D eigenvalue weighted by molar-refractivity contribution is 7.91. The molecule has 2 aromatic carbocycles. The topological polar surface area (TPSA) is 144 Å². The van der Waals surface area contributed by atoms with Crippen LogP contribution in [0, 0.1) is 6.92 Å². The van der Waals surface area contributed by atoms with Crippen molar-refractivity contribution in [2.75, 3.05) is 12.4 Å². The average Bonchev–Trinajstić information content (AvgIpc) is 3.19. The van der Waals surface area contributed by atoms with Crippen LogP contribution in [-0.2, 0) is 40.3 Å². The lowest BCUT2D eigenvalue weighted by Crippen LogP contribution is -2.52. The van der Waals surface area contributed by atoms with Crippen molar-refractivity contribution in [2.45, 2.75) is 67.8 Å². The monoisotopic (exact) mass is 562 g/mol. The van der Waals surface area contributed by atoms with Gasteiger partial charge >= 0.3 is 0 Å². The van der Waals surface area contributed by atoms with Crippen LogP contribution in [0.5, 0.6) is 0 Å². The van der Waals surface area contributed by atoms with Gasteiger partial charge in [-0.2, -0.15) is 8.42 Å². The number of benzene rings is 2. The number of carbonyl (C=O) groups excluding carboxylic acids is 3. The highest BCUT2D eigenvalue weighted by Crippen LogP contribution is 2.32. The van der Waals surface area contributed by atoms with E-state index in [1.807, 2.05) is 6.92 Å². The van der Waals surface area contributed by atoms with Gasteiger partial charge in [-0.05, 0) is 50.5 Å². The molecule has 2 aliphatic heterocycles. The van der Waals surface area contributed by atoms with E-state index < -0.39 is 43.7 Å². The standard InChI is InChI=1S/C26H30N2O8S2/c1-18-9-11-19(12-10-18)38(34,35)36-15-4-2-3-5-16-37(32,33)23-8-6-7-20-21(23)17-28(26(20)31)22-13-14-24(29)27-25(22)30/h6-12,22H,2-5,13-17H2,1H3,(H,27,29,30). The number of carbonyl (C=O) groups is 3. The lowest BCUT2D eigenvalue weighted by molar-refractivity contribution is -0.136. The van der Waals surface area contributed by atoms with Gasteiger partial charge in [0.1, 0.15) is 6.04 Å². The van der Waals surface area contributed by atoms with Crippen LogP contribution in [0.2, 0.25) is 0 Å². The first-order chi connectivity index (χ1) is 18.0. The van der Waals surface area contributed by atoms with Crippen LogP contribution in [0.25, 0.3) is 0 Å². The van der Waals surface area contributed by atoms with Crippen molar-refractivity contribution in [3.8, 4) is 0 Å². The van der Waals surface area contributed by atoms with Gasteiger partial charge in [-0.1, -0.05) is 36.6 Å². The molecule has 0 bridgehead atoms. The molecule has 0 spiro atoms. The number of amides is 3. The van der Waals surface area contributed by atoms with E-state index in [4.69, 9.17) is 4.18 Å². The number of nitrogens with zero attached hydrogens (tertiary/aromatic N) is 1. The number of piperidine rings is 1. The fourth-order valence-corrected chi connectivity index (χ4v) is 7.23. The van der Waals surface area contributed by atoms with Gasteiger partial charge < -0.3 is 4.90 Å². The van der Waals surface area contributed by atoms with Crippen molar-refractivity contribution in [1.82, 2.24) is 10.2 Å². The minimum atomic E-state index is -3.83. The highest BCUT2D eigenvalue weighted by Gasteiger charge is 2.40. The van der Waals surface area contributed by atoms with Crippen molar-refractivity contribution < 1.29 is 35.4 Å². The number of nitrogens with one attached hydrogen (secondary N) is 1. The summed E-state index contributed by atoms with van der Waals surface area (Å²) >= 11 is 0. The molecule has 0 radical (unpaired) electrons. The fraction of sp³-hybridized carbons (Fsp3) is 0.423. The van der Waals surface area contributed by atoms with E-state index in [0.29, 0.717) is 31.2 Å². The Kier molecular flexibility index (Phi) is 8.34. The van der Waals surface area contributed by atoms with Crippen LogP contribution < -0.4 is 5.32 Å². The molecule has 2 aromatic rings. The molecule has 204 valence electrons. The second-order valence-electron chi connectivity index (χ2n) is 9.50. The van der Waals surface area contributed by atoms with Crippen molar-refractivity contribution in [2.24, 2.45) is 0 Å². The van der Waals surface area contributed by atoms with E-state index in [9.17, 15) is 31.2 Å². The van der Waals surface area contributed by atoms with Crippen molar-refractivity contribution in [3.63, 3.8) is 0 Å². The van der Waals surface area contributed by atoms with E-state index in [1.54, 1.807) is 18.2 Å². The molecule has 0 aromatic heterocycles. The van der Waals surface area contributed by atoms with Gasteiger partial charge in [0.2, 0.25) is 11.8 Å². The molecule has 2 aliphatic rings. The Balaban J connectivity index is 1.28. The molecule has 3 amide bonds. The van der Waals surface area contributed by atoms with Gasteiger partial charge in [-0.15, -0.1) is 0 Å². The van der Waals surface area contributed by atoms with Crippen molar-refractivity contribution in [3.05, 3.63) is 59.2 Å². The summed E-state index contributed by atoms with van der Waals surface area (Å²) in [5.74, 6) is -1.49. The smallest absolute Gasteiger partial charge is 0.296 e. The summed E-state index contributed by atoms with van der Waals surface area (Å²) in [5.41, 5.74) is 1.57. The molecular formula is C26H30N2O8S2. The number of rotatable bonds is 11. The van der Waals surface area contributed by atoms with Crippen LogP contribution in [0.1, 0.15) is 60.0 Å². The van der Waals surface area contributed by atoms with E-state index in [2.05, 4.69) is 5.32 Å². The van der Waals surface area contributed by atoms with Crippen LogP contribution in [0.15, 0.2) is 52.3 Å². The summed E-state index contributed by atoms with van der Waals surface area (Å²) in [5, 5.41) is 2.23. The number of fused-ring (bicyclic) bond motifs is 1. The Morgan fingerprint density at radius 2 is 1.66 bits per heavy atom. The van der Waals surface area contributed by atoms with Gasteiger partial charge in [-0.3, -0.25) is 23.9 Å². The zero-order valence-electron chi connectivity index (χ0n) is 21.0. The summed E-state index contributed by atoms with van der Waals surface area (Å²) in [6, 6.07) is 10.1. The Bertz CT molecular complexity index is 1450. The third-order valence-electron chi connectivity index (χ3n) is 6.73. The Morgan fingerprint density at radius 1 is 0.947 bits per heavy atom. The Labute approximate surface area is 222 Å². The maximum absolute atomic E-state index is 13.1. The van der Waals surface area contributed by atoms with E-state index >= 15 is 0 Å². The molecule has 1 atom stereocenters. The first-order valence-electron chi connectivity index (χ1n) is 12.4. The molecule has 10 nitrogen and oxygen atoms in total. The Morgan fingerprint density at radius 3 is 2.37 bits per heavy atom. The van der Waals surface area contributed by atoms with Crippen LogP contribution in [-0.4, -0.2) is 57.9 Å². The van der Waals surface area contributed by atoms with Crippen LogP contribution in [0.4, 0.5) is 0 Å². The van der Waals surface area contributed by atoms with E-state index in [1.165, 1.54) is 29.2 Å². The second-order valence-corrected chi connectivity index (χ2v) is 13.2. The third-order valence-corrected chi connectivity index (χ3v) is 9.93. The number of aryl methyl sites for hydroxylation is 1. The second kappa shape index (κ2) is 11.3. The Hall–Kier alpha value is -3.09. The predicted molar refractivity (Wildman–Crippen MR) is 137 cm³/mol. The molecule has 1 fully saturated rings. The van der Waals surface area contributed by atoms with E-state index in [-0.39, 0.29) is 47.1 Å². The molecule has 4 rings (SSSR count). The number of unbranched alkanes of at least 4 members (excludes halogenated alkanes) is 3. The summed E-state index contributed by atoms with van der Waals surface area (Å²) in [4.78, 5) is 38.2. The molecule has 38 heavy (non-hydrogen) atoms. The molecule has 1 N–H and O–H groups in total. The first kappa shape index (κ1) is 27.9. The van der Waals surface area contributed by atoms with Gasteiger partial charge in [0, 0.05) is 24.1 Å². The zero-order valence-corrected chi connectivity index (χ0v) is 22.6. The van der Waals surface area contributed by atoms with Crippen molar-refractivity contribution >= 4 is 37.7 Å². The maximum atomic E-state index is 13.1. The zero-order chi connectivity index (χ0) is 27.5. The summed E-state index contributed by atoms with van der Waals surface area (Å²) < 4.78 is 55.8. The lowest BCUT2D eigenvalue weighted by atomic mass is 10.0. The van der Waals surface area contributed by atoms with Crippen LogP contribution >= 0.6 is 0 Å². The van der Waals surface area contributed by atoms with E-state index in [0.717, 1.165) is 5.56 Å². The van der Waals surface area contributed by atoms with Crippen molar-refractivity contribution in [1.29, 1.82) is 0 Å². The average molecular weight is 563 g/mol. The molecule has 1 unspecified atom stereocenters. The minimum absolute atomic E-state index is 0.00738. The van der Waals surface area contributed by atoms with Gasteiger partial charge in [-0.25, -0.2) is 8.42 Å². The number of hydrogen-bond acceptors (Lipinski definition) is 8. The SMILES string of the molecule is Cc1ccc(S(=O)(=O)OCCCCCCS(=O)(=O)c2cccc3c2CN(C2CCC(=O)NC2=O)C3=O)cc1. The van der Waals surface area contributed by atoms with Gasteiger partial charge in [0.05, 0.1) is 22.2 Å². The molecule has 2 heterocycles. The molecule has 0 saturated carbocycles. The van der Waals surface area contributed by atoms with Crippen LogP contribution in [0.3, 0.4) is 0 Å². The quantitative estimate of drug-likeness (QED) is 0.250. The summed E-state index contributed by atoms with van der Waals surface area (Å²) in [6.45, 7) is 1.86. The number of sulfone groups is 1. The fourth-order valence-electron chi connectivity index (χ4n) is 4.65. The lowest BCUT2D eigenvalue weighted by Gasteiger charge is -2.29. The maximum Gasteiger partial charge on any atom is 0.296 e. The number of hydrogen-bond donors (Lipinski definition) is 1. The highest BCUT2D eigenvalue weighted by atomic mass is 32.2. The number of imide groups is 1. The normalized spacial score (nSPS) is 18.0. The summed E-state index contributed by atoms with van der Waals surface area (Å²) in [7, 11) is -7.53. The first-order valence-corrected chi connectivity index (χ1v) is 15.5. The summed E-state index contributed by atoms with van der Waals surface area (Å²) in [6.07, 6.45) is 2.28. The minimum Gasteiger partial charge on any atom is -0.322 e. The largest absolute Gasteiger partial charge is 0.322 e.